The van der Waals surface area contributed by atoms with Gasteiger partial charge in [-0.2, -0.15) is 0 Å². The summed E-state index contributed by atoms with van der Waals surface area (Å²) in [7, 11) is 1.61. The smallest absolute Gasteiger partial charge is 0.233 e. The molecule has 0 fully saturated rings. The number of aromatic nitrogens is 1. The van der Waals surface area contributed by atoms with E-state index in [9.17, 15) is 9.18 Å². The van der Waals surface area contributed by atoms with Gasteiger partial charge in [-0.3, -0.25) is 9.69 Å². The molecule has 0 aliphatic carbocycles. The predicted octanol–water partition coefficient (Wildman–Crippen LogP) is 5.22. The van der Waals surface area contributed by atoms with Crippen LogP contribution in [0.25, 0.3) is 10.2 Å². The maximum atomic E-state index is 14.1. The first-order chi connectivity index (χ1) is 14.1. The van der Waals surface area contributed by atoms with Gasteiger partial charge in [-0.15, -0.1) is 0 Å². The lowest BCUT2D eigenvalue weighted by molar-refractivity contribution is -0.118. The molecule has 0 saturated carbocycles. The van der Waals surface area contributed by atoms with Crippen molar-refractivity contribution in [2.45, 2.75) is 13.0 Å². The van der Waals surface area contributed by atoms with Crippen LogP contribution in [0, 0.1) is 5.82 Å². The lowest BCUT2D eigenvalue weighted by Gasteiger charge is -2.20. The van der Waals surface area contributed by atoms with Crippen molar-refractivity contribution in [1.29, 1.82) is 0 Å². The Bertz CT molecular complexity index is 1130. The molecule has 4 aromatic rings. The molecule has 1 aromatic heterocycles. The highest BCUT2D eigenvalue weighted by Crippen LogP contribution is 2.31. The Morgan fingerprint density at radius 2 is 1.76 bits per heavy atom. The van der Waals surface area contributed by atoms with Crippen molar-refractivity contribution in [2.75, 3.05) is 12.0 Å². The molecule has 146 valence electrons. The zero-order valence-electron chi connectivity index (χ0n) is 15.8. The number of para-hydroxylation sites is 1. The van der Waals surface area contributed by atoms with Crippen molar-refractivity contribution in [3.8, 4) is 5.75 Å². The molecule has 4 rings (SSSR count). The second-order valence-corrected chi connectivity index (χ2v) is 7.58. The quantitative estimate of drug-likeness (QED) is 0.441. The molecular weight excluding hydrogens is 387 g/mol. The highest BCUT2D eigenvalue weighted by Gasteiger charge is 2.21. The fraction of sp³-hybridized carbons (Fsp3) is 0.130. The van der Waals surface area contributed by atoms with Crippen LogP contribution >= 0.6 is 11.3 Å². The number of nitrogens with zero attached hydrogens (tertiary/aromatic N) is 2. The Labute approximate surface area is 172 Å². The van der Waals surface area contributed by atoms with Crippen LogP contribution in [0.1, 0.15) is 11.1 Å². The molecule has 6 heteroatoms. The normalized spacial score (nSPS) is 10.8. The Hall–Kier alpha value is -3.25. The monoisotopic (exact) mass is 406 g/mol. The number of carbonyl (C=O) groups excluding carboxylic acids is 1. The average Bonchev–Trinajstić information content (AvgIpc) is 3.18. The van der Waals surface area contributed by atoms with Gasteiger partial charge in [0.05, 0.1) is 24.8 Å². The van der Waals surface area contributed by atoms with E-state index in [4.69, 9.17) is 4.74 Å². The minimum absolute atomic E-state index is 0.0986. The van der Waals surface area contributed by atoms with Crippen LogP contribution in [0.15, 0.2) is 72.8 Å². The third kappa shape index (κ3) is 4.27. The molecule has 29 heavy (non-hydrogen) atoms. The van der Waals surface area contributed by atoms with E-state index in [1.165, 1.54) is 17.4 Å². The van der Waals surface area contributed by atoms with Crippen LogP contribution < -0.4 is 9.64 Å². The van der Waals surface area contributed by atoms with E-state index >= 15 is 0 Å². The van der Waals surface area contributed by atoms with Gasteiger partial charge in [0.1, 0.15) is 17.1 Å². The number of benzene rings is 3. The summed E-state index contributed by atoms with van der Waals surface area (Å²) in [6, 6.07) is 22.0. The van der Waals surface area contributed by atoms with Crippen LogP contribution in [0.2, 0.25) is 0 Å². The Morgan fingerprint density at radius 3 is 2.45 bits per heavy atom. The molecule has 0 saturated heterocycles. The third-order valence-electron chi connectivity index (χ3n) is 4.59. The zero-order valence-corrected chi connectivity index (χ0v) is 16.7. The first kappa shape index (κ1) is 19.1. The van der Waals surface area contributed by atoms with Gasteiger partial charge >= 0.3 is 0 Å². The molecule has 0 N–H and O–H groups in total. The summed E-state index contributed by atoms with van der Waals surface area (Å²) in [5, 5.41) is 0.493. The van der Waals surface area contributed by atoms with Gasteiger partial charge in [0.2, 0.25) is 5.91 Å². The van der Waals surface area contributed by atoms with Crippen LogP contribution in [-0.2, 0) is 17.8 Å². The van der Waals surface area contributed by atoms with Crippen molar-refractivity contribution >= 4 is 32.6 Å². The van der Waals surface area contributed by atoms with Crippen molar-refractivity contribution < 1.29 is 13.9 Å². The Morgan fingerprint density at radius 1 is 1.00 bits per heavy atom. The van der Waals surface area contributed by atoms with E-state index in [2.05, 4.69) is 4.98 Å². The van der Waals surface area contributed by atoms with Gasteiger partial charge < -0.3 is 4.74 Å². The maximum absolute atomic E-state index is 14.1. The summed E-state index contributed by atoms with van der Waals surface area (Å²) >= 11 is 1.32. The first-order valence-electron chi connectivity index (χ1n) is 9.16. The standard InChI is InChI=1S/C23H19FN2O2S/c1-28-18-12-10-16(11-13-18)14-21(27)26(15-17-6-3-2-4-7-17)23-25-22-19(24)8-5-9-20(22)29-23/h2-13H,14-15H2,1H3. The van der Waals surface area contributed by atoms with Crippen molar-refractivity contribution in [1.82, 2.24) is 4.98 Å². The molecular formula is C23H19FN2O2S. The predicted molar refractivity (Wildman–Crippen MR) is 114 cm³/mol. The summed E-state index contributed by atoms with van der Waals surface area (Å²) in [4.78, 5) is 19.3. The number of carbonyl (C=O) groups is 1. The number of methoxy groups -OCH3 is 1. The molecule has 3 aromatic carbocycles. The zero-order chi connectivity index (χ0) is 20.2. The second-order valence-electron chi connectivity index (χ2n) is 6.57. The number of hydrogen-bond acceptors (Lipinski definition) is 4. The minimum atomic E-state index is -0.382. The van der Waals surface area contributed by atoms with Crippen LogP contribution in [0.5, 0.6) is 5.75 Å². The largest absolute Gasteiger partial charge is 0.497 e. The third-order valence-corrected chi connectivity index (χ3v) is 5.63. The molecule has 0 spiro atoms. The molecule has 0 aliphatic heterocycles. The fourth-order valence-corrected chi connectivity index (χ4v) is 4.06. The minimum Gasteiger partial charge on any atom is -0.497 e. The molecule has 0 atom stereocenters. The number of thiazole rings is 1. The van der Waals surface area contributed by atoms with E-state index < -0.39 is 0 Å². The van der Waals surface area contributed by atoms with Gasteiger partial charge in [-0.1, -0.05) is 59.9 Å². The SMILES string of the molecule is COc1ccc(CC(=O)N(Cc2ccccc2)c2nc3c(F)cccc3s2)cc1. The first-order valence-corrected chi connectivity index (χ1v) is 9.98. The topological polar surface area (TPSA) is 42.4 Å². The molecule has 0 aliphatic rings. The number of ether oxygens (including phenoxy) is 1. The summed E-state index contributed by atoms with van der Waals surface area (Å²) in [6.45, 7) is 0.372. The second kappa shape index (κ2) is 8.41. The van der Waals surface area contributed by atoms with Crippen LogP contribution in [0.3, 0.4) is 0 Å². The highest BCUT2D eigenvalue weighted by atomic mass is 32.1. The van der Waals surface area contributed by atoms with Crippen LogP contribution in [0.4, 0.5) is 9.52 Å². The van der Waals surface area contributed by atoms with E-state index in [-0.39, 0.29) is 18.1 Å². The summed E-state index contributed by atoms with van der Waals surface area (Å²) in [6.07, 6.45) is 0.217. The summed E-state index contributed by atoms with van der Waals surface area (Å²) in [5.74, 6) is 0.259. The molecule has 4 nitrogen and oxygen atoms in total. The van der Waals surface area contributed by atoms with E-state index in [0.717, 1.165) is 21.6 Å². The number of halogens is 1. The molecule has 1 amide bonds. The van der Waals surface area contributed by atoms with Crippen molar-refractivity contribution in [3.63, 3.8) is 0 Å². The van der Waals surface area contributed by atoms with Crippen molar-refractivity contribution in [2.24, 2.45) is 0 Å². The van der Waals surface area contributed by atoms with Gasteiger partial charge in [0.15, 0.2) is 5.13 Å². The number of amides is 1. The average molecular weight is 406 g/mol. The number of fused-ring (bicyclic) bond motifs is 1. The highest BCUT2D eigenvalue weighted by molar-refractivity contribution is 7.22. The van der Waals surface area contributed by atoms with Gasteiger partial charge in [0.25, 0.3) is 0 Å². The lowest BCUT2D eigenvalue weighted by atomic mass is 10.1. The molecule has 0 bridgehead atoms. The van der Waals surface area contributed by atoms with E-state index in [1.54, 1.807) is 18.1 Å². The molecule has 0 radical (unpaired) electrons. The van der Waals surface area contributed by atoms with Gasteiger partial charge in [0, 0.05) is 0 Å². The maximum Gasteiger partial charge on any atom is 0.233 e. The number of rotatable bonds is 6. The number of anilines is 1. The molecule has 1 heterocycles. The van der Waals surface area contributed by atoms with Gasteiger partial charge in [-0.05, 0) is 35.4 Å². The number of hydrogen-bond donors (Lipinski definition) is 0. The van der Waals surface area contributed by atoms with E-state index in [0.29, 0.717) is 17.2 Å². The van der Waals surface area contributed by atoms with Crippen molar-refractivity contribution in [3.05, 3.63) is 89.7 Å². The summed E-state index contributed by atoms with van der Waals surface area (Å²) in [5.41, 5.74) is 2.15. The fourth-order valence-electron chi connectivity index (χ4n) is 3.06. The van der Waals surface area contributed by atoms with Crippen LogP contribution in [-0.4, -0.2) is 18.0 Å². The Kier molecular flexibility index (Phi) is 5.53. The van der Waals surface area contributed by atoms with E-state index in [1.807, 2.05) is 60.7 Å². The summed E-state index contributed by atoms with van der Waals surface area (Å²) < 4.78 is 20.0. The molecule has 0 unspecified atom stereocenters. The Balaban J connectivity index is 1.66. The van der Waals surface area contributed by atoms with Gasteiger partial charge in [-0.25, -0.2) is 9.37 Å². The lowest BCUT2D eigenvalue weighted by Crippen LogP contribution is -2.31.